The molecule has 2 aliphatic heterocycles. The van der Waals surface area contributed by atoms with Gasteiger partial charge in [-0.2, -0.15) is 0 Å². The van der Waals surface area contributed by atoms with Gasteiger partial charge in [0.05, 0.1) is 0 Å². The highest BCUT2D eigenvalue weighted by atomic mass is 32.2. The summed E-state index contributed by atoms with van der Waals surface area (Å²) in [5.74, 6) is 2.32. The fraction of sp³-hybridized carbons (Fsp3) is 0.462. The lowest BCUT2D eigenvalue weighted by Crippen LogP contribution is -2.49. The number of amides is 1. The first kappa shape index (κ1) is 22.9. The van der Waals surface area contributed by atoms with E-state index in [1.807, 2.05) is 37.4 Å². The van der Waals surface area contributed by atoms with E-state index in [2.05, 4.69) is 52.5 Å². The largest absolute Gasteiger partial charge is 0.490 e. The molecule has 2 fully saturated rings. The first-order valence-corrected chi connectivity index (χ1v) is 13.0. The van der Waals surface area contributed by atoms with Crippen molar-refractivity contribution in [3.05, 3.63) is 65.2 Å². The molecular formula is C26H31N5O2S. The molecule has 2 saturated heterocycles. The van der Waals surface area contributed by atoms with Crippen LogP contribution in [0.1, 0.15) is 66.9 Å². The Labute approximate surface area is 204 Å². The van der Waals surface area contributed by atoms with Gasteiger partial charge in [-0.05, 0) is 58.5 Å². The number of ether oxygens (including phenoxy) is 1. The van der Waals surface area contributed by atoms with Gasteiger partial charge in [-0.3, -0.25) is 4.79 Å². The molecule has 0 saturated carbocycles. The van der Waals surface area contributed by atoms with Gasteiger partial charge < -0.3 is 9.64 Å². The molecule has 1 amide bonds. The Hall–Kier alpha value is -2.87. The van der Waals surface area contributed by atoms with Crippen LogP contribution in [0.25, 0.3) is 0 Å². The third kappa shape index (κ3) is 4.69. The summed E-state index contributed by atoms with van der Waals surface area (Å²) in [6.07, 6.45) is 4.07. The Balaban J connectivity index is 1.22. The van der Waals surface area contributed by atoms with Crippen molar-refractivity contribution in [2.24, 2.45) is 7.05 Å². The first-order valence-electron chi connectivity index (χ1n) is 12.0. The number of aromatic nitrogens is 4. The molecule has 8 heteroatoms. The number of benzene rings is 2. The third-order valence-corrected chi connectivity index (χ3v) is 7.99. The highest BCUT2D eigenvalue weighted by Crippen LogP contribution is 2.39. The lowest BCUT2D eigenvalue weighted by atomic mass is 9.97. The van der Waals surface area contributed by atoms with Crippen LogP contribution in [0.3, 0.4) is 0 Å². The molecule has 2 aromatic carbocycles. The lowest BCUT2D eigenvalue weighted by Gasteiger charge is -2.39. The van der Waals surface area contributed by atoms with E-state index in [4.69, 9.17) is 4.74 Å². The van der Waals surface area contributed by atoms with E-state index in [0.717, 1.165) is 53.5 Å². The highest BCUT2D eigenvalue weighted by molar-refractivity contribution is 7.98. The van der Waals surface area contributed by atoms with Crippen molar-refractivity contribution in [3.8, 4) is 5.75 Å². The Morgan fingerprint density at radius 2 is 1.79 bits per heavy atom. The second-order valence-electron chi connectivity index (χ2n) is 9.57. The maximum atomic E-state index is 13.4. The standard InChI is InChI=1S/C26H31N5O2S/c1-17(2)23-6-4-5-7-24(23)33-22-14-20-12-13-21(15-22)31(20)25(32)19-10-8-18(9-11-19)16-34-26-27-28-29-30(26)3/h4-11,17,20-22H,12-16H2,1-3H3. The van der Waals surface area contributed by atoms with Gasteiger partial charge in [0, 0.05) is 43.3 Å². The summed E-state index contributed by atoms with van der Waals surface area (Å²) in [6, 6.07) is 16.8. The number of tetrazole rings is 1. The van der Waals surface area contributed by atoms with E-state index in [9.17, 15) is 4.79 Å². The van der Waals surface area contributed by atoms with Gasteiger partial charge in [0.25, 0.3) is 5.91 Å². The molecular weight excluding hydrogens is 446 g/mol. The third-order valence-electron chi connectivity index (χ3n) is 6.91. The fourth-order valence-electron chi connectivity index (χ4n) is 5.18. The summed E-state index contributed by atoms with van der Waals surface area (Å²) in [7, 11) is 1.83. The second-order valence-corrected chi connectivity index (χ2v) is 10.5. The Morgan fingerprint density at radius 1 is 1.09 bits per heavy atom. The molecule has 2 atom stereocenters. The zero-order valence-corrected chi connectivity index (χ0v) is 20.7. The average molecular weight is 478 g/mol. The quantitative estimate of drug-likeness (QED) is 0.454. The number of piperidine rings is 1. The summed E-state index contributed by atoms with van der Waals surface area (Å²) >= 11 is 1.58. The molecule has 34 heavy (non-hydrogen) atoms. The molecule has 7 nitrogen and oxygen atoms in total. The monoisotopic (exact) mass is 477 g/mol. The molecule has 0 N–H and O–H groups in total. The normalized spacial score (nSPS) is 21.8. The van der Waals surface area contributed by atoms with Crippen LogP contribution in [0, 0.1) is 0 Å². The van der Waals surface area contributed by atoms with E-state index in [1.165, 1.54) is 5.56 Å². The van der Waals surface area contributed by atoms with Crippen LogP contribution >= 0.6 is 11.8 Å². The molecule has 2 aliphatic rings. The lowest BCUT2D eigenvalue weighted by molar-refractivity contribution is 0.0356. The predicted molar refractivity (Wildman–Crippen MR) is 132 cm³/mol. The maximum absolute atomic E-state index is 13.4. The van der Waals surface area contributed by atoms with Gasteiger partial charge in [-0.25, -0.2) is 4.68 Å². The molecule has 3 aromatic rings. The fourth-order valence-corrected chi connectivity index (χ4v) is 5.99. The minimum Gasteiger partial charge on any atom is -0.490 e. The Bertz CT molecular complexity index is 1130. The molecule has 1 aromatic heterocycles. The first-order chi connectivity index (χ1) is 16.5. The smallest absolute Gasteiger partial charge is 0.254 e. The molecule has 178 valence electrons. The van der Waals surface area contributed by atoms with Crippen molar-refractivity contribution >= 4 is 17.7 Å². The van der Waals surface area contributed by atoms with Crippen LogP contribution in [0.5, 0.6) is 5.75 Å². The van der Waals surface area contributed by atoms with Crippen molar-refractivity contribution in [3.63, 3.8) is 0 Å². The van der Waals surface area contributed by atoms with E-state index in [-0.39, 0.29) is 24.1 Å². The van der Waals surface area contributed by atoms with Crippen molar-refractivity contribution in [1.82, 2.24) is 25.1 Å². The van der Waals surface area contributed by atoms with Crippen LogP contribution in [0.4, 0.5) is 0 Å². The Morgan fingerprint density at radius 3 is 2.44 bits per heavy atom. The summed E-state index contributed by atoms with van der Waals surface area (Å²) in [5, 5.41) is 12.3. The molecule has 0 spiro atoms. The number of hydrogen-bond donors (Lipinski definition) is 0. The maximum Gasteiger partial charge on any atom is 0.254 e. The molecule has 3 heterocycles. The van der Waals surface area contributed by atoms with Crippen molar-refractivity contribution in [2.45, 2.75) is 74.5 Å². The average Bonchev–Trinajstić information content (AvgIpc) is 3.37. The van der Waals surface area contributed by atoms with E-state index < -0.39 is 0 Å². The van der Waals surface area contributed by atoms with E-state index in [1.54, 1.807) is 16.4 Å². The van der Waals surface area contributed by atoms with Gasteiger partial charge in [0.2, 0.25) is 5.16 Å². The SMILES string of the molecule is CC(C)c1ccccc1OC1CC2CCC(C1)N2C(=O)c1ccc(CSc2nnnn2C)cc1. The number of thioether (sulfide) groups is 1. The van der Waals surface area contributed by atoms with Gasteiger partial charge >= 0.3 is 0 Å². The van der Waals surface area contributed by atoms with Crippen LogP contribution in [-0.4, -0.2) is 49.2 Å². The Kier molecular flexibility index (Phi) is 6.59. The molecule has 2 bridgehead atoms. The second kappa shape index (κ2) is 9.78. The number of aryl methyl sites for hydroxylation is 1. The van der Waals surface area contributed by atoms with Crippen LogP contribution < -0.4 is 4.74 Å². The number of nitrogens with zero attached hydrogens (tertiary/aromatic N) is 5. The number of carbonyl (C=O) groups is 1. The van der Waals surface area contributed by atoms with Crippen LogP contribution in [0.2, 0.25) is 0 Å². The molecule has 0 aliphatic carbocycles. The molecule has 0 radical (unpaired) electrons. The predicted octanol–water partition coefficient (Wildman–Crippen LogP) is 4.84. The summed E-state index contributed by atoms with van der Waals surface area (Å²) in [6.45, 7) is 4.40. The minimum atomic E-state index is 0.144. The number of para-hydroxylation sites is 1. The zero-order chi connectivity index (χ0) is 23.7. The zero-order valence-electron chi connectivity index (χ0n) is 19.9. The highest BCUT2D eigenvalue weighted by Gasteiger charge is 2.44. The van der Waals surface area contributed by atoms with Gasteiger partial charge in [0.15, 0.2) is 0 Å². The van der Waals surface area contributed by atoms with E-state index >= 15 is 0 Å². The van der Waals surface area contributed by atoms with Crippen LogP contribution in [0.15, 0.2) is 53.7 Å². The molecule has 2 unspecified atom stereocenters. The number of carbonyl (C=O) groups excluding carboxylic acids is 1. The van der Waals surface area contributed by atoms with Crippen molar-refractivity contribution in [1.29, 1.82) is 0 Å². The summed E-state index contributed by atoms with van der Waals surface area (Å²) in [4.78, 5) is 15.5. The summed E-state index contributed by atoms with van der Waals surface area (Å²) < 4.78 is 8.15. The van der Waals surface area contributed by atoms with Gasteiger partial charge in [-0.15, -0.1) is 5.10 Å². The van der Waals surface area contributed by atoms with Gasteiger partial charge in [0.1, 0.15) is 11.9 Å². The van der Waals surface area contributed by atoms with E-state index in [0.29, 0.717) is 5.92 Å². The number of fused-ring (bicyclic) bond motifs is 2. The van der Waals surface area contributed by atoms with Crippen molar-refractivity contribution < 1.29 is 9.53 Å². The van der Waals surface area contributed by atoms with Crippen molar-refractivity contribution in [2.75, 3.05) is 0 Å². The minimum absolute atomic E-state index is 0.144. The molecule has 5 rings (SSSR count). The summed E-state index contributed by atoms with van der Waals surface area (Å²) in [5.41, 5.74) is 3.15. The number of rotatable bonds is 7. The number of hydrogen-bond acceptors (Lipinski definition) is 6. The topological polar surface area (TPSA) is 73.1 Å². The van der Waals surface area contributed by atoms with Gasteiger partial charge in [-0.1, -0.05) is 55.9 Å². The van der Waals surface area contributed by atoms with Crippen LogP contribution in [-0.2, 0) is 12.8 Å².